The van der Waals surface area contributed by atoms with Crippen molar-refractivity contribution in [2.75, 3.05) is 26.3 Å². The number of carboxylic acid groups (broad SMARTS) is 1. The number of benzene rings is 1. The van der Waals surface area contributed by atoms with Crippen LogP contribution in [0.1, 0.15) is 17.5 Å². The van der Waals surface area contributed by atoms with E-state index in [9.17, 15) is 14.4 Å². The van der Waals surface area contributed by atoms with Crippen LogP contribution in [0.5, 0.6) is 0 Å². The lowest BCUT2D eigenvalue weighted by molar-refractivity contribution is -0.142. The number of rotatable bonds is 10. The van der Waals surface area contributed by atoms with Crippen LogP contribution in [0.25, 0.3) is 0 Å². The molecule has 3 N–H and O–H groups in total. The molecule has 0 heterocycles. The summed E-state index contributed by atoms with van der Waals surface area (Å²) in [5, 5.41) is 13.4. The van der Waals surface area contributed by atoms with E-state index >= 15 is 0 Å². The Morgan fingerprint density at radius 2 is 1.78 bits per heavy atom. The van der Waals surface area contributed by atoms with Gasteiger partial charge >= 0.3 is 5.97 Å². The van der Waals surface area contributed by atoms with Crippen LogP contribution in [0, 0.1) is 6.92 Å². The molecule has 1 aromatic rings. The number of hydrogen-bond donors (Lipinski definition) is 3. The normalized spacial score (nSPS) is 10.1. The van der Waals surface area contributed by atoms with Crippen molar-refractivity contribution in [1.29, 1.82) is 0 Å². The maximum absolute atomic E-state index is 11.7. The molecule has 0 atom stereocenters. The van der Waals surface area contributed by atoms with Crippen LogP contribution in [0.3, 0.4) is 0 Å². The van der Waals surface area contributed by atoms with Crippen molar-refractivity contribution in [3.63, 3.8) is 0 Å². The Hall–Kier alpha value is -2.41. The van der Waals surface area contributed by atoms with Gasteiger partial charge in [-0.05, 0) is 18.9 Å². The second kappa shape index (κ2) is 10.3. The minimum Gasteiger partial charge on any atom is -0.480 e. The smallest absolute Gasteiger partial charge is 0.329 e. The topological polar surface area (TPSA) is 105 Å². The number of aliphatic carboxylic acids is 1. The fraction of sp³-hybridized carbons (Fsp3) is 0.438. The number of aryl methyl sites for hydroxylation is 2. The van der Waals surface area contributed by atoms with Gasteiger partial charge in [0.25, 0.3) is 0 Å². The van der Waals surface area contributed by atoms with Crippen molar-refractivity contribution < 1.29 is 24.2 Å². The predicted octanol–water partition coefficient (Wildman–Crippen LogP) is 0.261. The molecular weight excluding hydrogens is 300 g/mol. The fourth-order valence-corrected chi connectivity index (χ4v) is 1.76. The van der Waals surface area contributed by atoms with Crippen molar-refractivity contribution in [3.05, 3.63) is 35.4 Å². The first-order valence-corrected chi connectivity index (χ1v) is 7.36. The predicted molar refractivity (Wildman–Crippen MR) is 84.0 cm³/mol. The largest absolute Gasteiger partial charge is 0.480 e. The molecule has 0 saturated carbocycles. The van der Waals surface area contributed by atoms with Gasteiger partial charge in [-0.1, -0.05) is 29.8 Å². The molecule has 126 valence electrons. The molecule has 0 radical (unpaired) electrons. The van der Waals surface area contributed by atoms with Gasteiger partial charge in [0, 0.05) is 13.0 Å². The quantitative estimate of drug-likeness (QED) is 0.536. The molecule has 0 fully saturated rings. The molecule has 0 bridgehead atoms. The lowest BCUT2D eigenvalue weighted by Crippen LogP contribution is -2.38. The molecule has 7 nitrogen and oxygen atoms in total. The maximum Gasteiger partial charge on any atom is 0.329 e. The molecule has 1 rings (SSSR count). The number of ether oxygens (including phenoxy) is 1. The fourth-order valence-electron chi connectivity index (χ4n) is 1.76. The van der Waals surface area contributed by atoms with E-state index in [0.29, 0.717) is 12.8 Å². The van der Waals surface area contributed by atoms with E-state index in [-0.39, 0.29) is 31.5 Å². The molecule has 0 aromatic heterocycles. The Bertz CT molecular complexity index is 528. The molecule has 0 aliphatic rings. The van der Waals surface area contributed by atoms with E-state index in [4.69, 9.17) is 9.84 Å². The minimum atomic E-state index is -1.06. The Kier molecular flexibility index (Phi) is 8.38. The van der Waals surface area contributed by atoms with Gasteiger partial charge in [0.1, 0.15) is 6.61 Å². The first-order chi connectivity index (χ1) is 11.0. The van der Waals surface area contributed by atoms with E-state index in [1.54, 1.807) is 0 Å². The lowest BCUT2D eigenvalue weighted by Gasteiger charge is -2.07. The average Bonchev–Trinajstić information content (AvgIpc) is 2.51. The van der Waals surface area contributed by atoms with Gasteiger partial charge < -0.3 is 20.5 Å². The first-order valence-electron chi connectivity index (χ1n) is 7.36. The van der Waals surface area contributed by atoms with Crippen LogP contribution in [-0.2, 0) is 25.5 Å². The van der Waals surface area contributed by atoms with Gasteiger partial charge in [0.05, 0.1) is 13.2 Å². The Morgan fingerprint density at radius 1 is 1.09 bits per heavy atom. The summed E-state index contributed by atoms with van der Waals surface area (Å²) in [4.78, 5) is 33.3. The third-order valence-corrected chi connectivity index (χ3v) is 3.00. The third kappa shape index (κ3) is 9.26. The highest BCUT2D eigenvalue weighted by atomic mass is 16.5. The summed E-state index contributed by atoms with van der Waals surface area (Å²) < 4.78 is 4.77. The maximum atomic E-state index is 11.7. The Balaban J connectivity index is 2.09. The van der Waals surface area contributed by atoms with Crippen LogP contribution in [0.4, 0.5) is 0 Å². The summed E-state index contributed by atoms with van der Waals surface area (Å²) >= 11 is 0. The molecule has 0 aliphatic carbocycles. The number of carboxylic acids is 1. The Labute approximate surface area is 135 Å². The van der Waals surface area contributed by atoms with Crippen molar-refractivity contribution in [1.82, 2.24) is 10.6 Å². The summed E-state index contributed by atoms with van der Waals surface area (Å²) in [6.07, 6.45) is 0.939. The zero-order valence-electron chi connectivity index (χ0n) is 13.1. The van der Waals surface area contributed by atoms with Crippen LogP contribution >= 0.6 is 0 Å². The second-order valence-electron chi connectivity index (χ2n) is 5.06. The van der Waals surface area contributed by atoms with Gasteiger partial charge in [0.2, 0.25) is 11.8 Å². The second-order valence-corrected chi connectivity index (χ2v) is 5.06. The molecule has 23 heavy (non-hydrogen) atoms. The standard InChI is InChI=1S/C16H22N2O5/c1-12-2-4-13(5-3-12)6-7-14(19)18-10-15(20)17-8-9-23-11-16(21)22/h2-5H,6-11H2,1H3,(H,17,20)(H,18,19)(H,21,22). The van der Waals surface area contributed by atoms with E-state index in [2.05, 4.69) is 10.6 Å². The molecule has 1 aromatic carbocycles. The highest BCUT2D eigenvalue weighted by Gasteiger charge is 2.06. The average molecular weight is 322 g/mol. The monoisotopic (exact) mass is 322 g/mol. The molecule has 0 spiro atoms. The van der Waals surface area contributed by atoms with Crippen LogP contribution in [-0.4, -0.2) is 49.2 Å². The lowest BCUT2D eigenvalue weighted by atomic mass is 10.1. The summed E-state index contributed by atoms with van der Waals surface area (Å²) in [6, 6.07) is 7.94. The molecule has 2 amide bonds. The van der Waals surface area contributed by atoms with Crippen molar-refractivity contribution in [3.8, 4) is 0 Å². The van der Waals surface area contributed by atoms with E-state index < -0.39 is 12.6 Å². The van der Waals surface area contributed by atoms with Gasteiger partial charge in [-0.25, -0.2) is 4.79 Å². The van der Waals surface area contributed by atoms with Gasteiger partial charge in [0.15, 0.2) is 0 Å². The number of nitrogens with one attached hydrogen (secondary N) is 2. The number of hydrogen-bond acceptors (Lipinski definition) is 4. The van der Waals surface area contributed by atoms with Gasteiger partial charge in [-0.2, -0.15) is 0 Å². The summed E-state index contributed by atoms with van der Waals surface area (Å²) in [7, 11) is 0. The van der Waals surface area contributed by atoms with Crippen LogP contribution < -0.4 is 10.6 Å². The molecular formula is C16H22N2O5. The van der Waals surface area contributed by atoms with E-state index in [1.165, 1.54) is 5.56 Å². The van der Waals surface area contributed by atoms with Crippen molar-refractivity contribution in [2.45, 2.75) is 19.8 Å². The van der Waals surface area contributed by atoms with E-state index in [0.717, 1.165) is 5.56 Å². The summed E-state index contributed by atoms with van der Waals surface area (Å²) in [5.41, 5.74) is 2.24. The highest BCUT2D eigenvalue weighted by molar-refractivity contribution is 5.84. The number of carbonyl (C=O) groups is 3. The van der Waals surface area contributed by atoms with Gasteiger partial charge in [-0.3, -0.25) is 9.59 Å². The SMILES string of the molecule is Cc1ccc(CCC(=O)NCC(=O)NCCOCC(=O)O)cc1. The van der Waals surface area contributed by atoms with Crippen LogP contribution in [0.2, 0.25) is 0 Å². The van der Waals surface area contributed by atoms with Crippen molar-refractivity contribution >= 4 is 17.8 Å². The van der Waals surface area contributed by atoms with Gasteiger partial charge in [-0.15, -0.1) is 0 Å². The molecule has 0 unspecified atom stereocenters. The Morgan fingerprint density at radius 3 is 2.43 bits per heavy atom. The highest BCUT2D eigenvalue weighted by Crippen LogP contribution is 2.05. The number of carbonyl (C=O) groups excluding carboxylic acids is 2. The first kappa shape index (κ1) is 18.6. The third-order valence-electron chi connectivity index (χ3n) is 3.00. The number of amides is 2. The minimum absolute atomic E-state index is 0.105. The molecule has 0 saturated heterocycles. The van der Waals surface area contributed by atoms with E-state index in [1.807, 2.05) is 31.2 Å². The van der Waals surface area contributed by atoms with Crippen LogP contribution in [0.15, 0.2) is 24.3 Å². The summed E-state index contributed by atoms with van der Waals surface area (Å²) in [5.74, 6) is -1.59. The zero-order chi connectivity index (χ0) is 17.1. The molecule has 0 aliphatic heterocycles. The summed E-state index contributed by atoms with van der Waals surface area (Å²) in [6.45, 7) is 1.81. The van der Waals surface area contributed by atoms with Crippen molar-refractivity contribution in [2.24, 2.45) is 0 Å². The zero-order valence-corrected chi connectivity index (χ0v) is 13.1. The molecule has 7 heteroatoms.